The van der Waals surface area contributed by atoms with E-state index in [1.165, 1.54) is 5.56 Å². The van der Waals surface area contributed by atoms with E-state index in [9.17, 15) is 9.59 Å². The maximum atomic E-state index is 11.9. The van der Waals surface area contributed by atoms with Crippen LogP contribution in [-0.4, -0.2) is 41.1 Å². The number of nitrogens with zero attached hydrogens (tertiary/aromatic N) is 1. The fraction of sp³-hybridized carbons (Fsp3) is 0.652. The summed E-state index contributed by atoms with van der Waals surface area (Å²) in [4.78, 5) is 26.1. The maximum Gasteiger partial charge on any atom is 0.306 e. The second-order valence-electron chi connectivity index (χ2n) is 9.14. The van der Waals surface area contributed by atoms with Gasteiger partial charge in [-0.1, -0.05) is 30.3 Å². The molecule has 0 heterocycles. The number of hydrogen-bond acceptors (Lipinski definition) is 5. The van der Waals surface area contributed by atoms with E-state index < -0.39 is 11.2 Å². The van der Waals surface area contributed by atoms with Crippen LogP contribution >= 0.6 is 0 Å². The van der Waals surface area contributed by atoms with Crippen molar-refractivity contribution < 1.29 is 19.1 Å². The zero-order valence-electron chi connectivity index (χ0n) is 18.4. The lowest BCUT2D eigenvalue weighted by molar-refractivity contribution is -0.155. The number of carbonyl (C=O) groups excluding carboxylic acids is 2. The number of hydrogen-bond donors (Lipinski definition) is 0. The van der Waals surface area contributed by atoms with Crippen LogP contribution < -0.4 is 0 Å². The molecule has 0 aliphatic heterocycles. The normalized spacial score (nSPS) is 12.1. The second-order valence-corrected chi connectivity index (χ2v) is 9.14. The summed E-state index contributed by atoms with van der Waals surface area (Å²) in [7, 11) is 0. The largest absolute Gasteiger partial charge is 0.460 e. The van der Waals surface area contributed by atoms with Crippen LogP contribution in [0.5, 0.6) is 0 Å². The van der Waals surface area contributed by atoms with Gasteiger partial charge in [-0.25, -0.2) is 0 Å². The molecule has 0 unspecified atom stereocenters. The Morgan fingerprint density at radius 1 is 0.786 bits per heavy atom. The van der Waals surface area contributed by atoms with Gasteiger partial charge in [0.05, 0.1) is 0 Å². The van der Waals surface area contributed by atoms with Crippen LogP contribution in [0.2, 0.25) is 0 Å². The van der Waals surface area contributed by atoms with Crippen LogP contribution in [0.1, 0.15) is 72.8 Å². The Morgan fingerprint density at radius 2 is 1.21 bits per heavy atom. The van der Waals surface area contributed by atoms with Gasteiger partial charge in [0.1, 0.15) is 11.2 Å². The number of carbonyl (C=O) groups is 2. The van der Waals surface area contributed by atoms with Crippen molar-refractivity contribution in [2.24, 2.45) is 0 Å². The predicted molar refractivity (Wildman–Crippen MR) is 112 cm³/mol. The summed E-state index contributed by atoms with van der Waals surface area (Å²) in [5, 5.41) is 0. The number of rotatable bonds is 10. The average molecular weight is 392 g/mol. The first-order chi connectivity index (χ1) is 12.9. The van der Waals surface area contributed by atoms with E-state index in [1.54, 1.807) is 0 Å². The Hall–Kier alpha value is -1.88. The van der Waals surface area contributed by atoms with Gasteiger partial charge in [0.15, 0.2) is 0 Å². The van der Waals surface area contributed by atoms with E-state index >= 15 is 0 Å². The molecular weight excluding hydrogens is 354 g/mol. The second kappa shape index (κ2) is 11.2. The van der Waals surface area contributed by atoms with E-state index in [4.69, 9.17) is 9.47 Å². The Bertz CT molecular complexity index is 565. The third-order valence-electron chi connectivity index (χ3n) is 3.80. The summed E-state index contributed by atoms with van der Waals surface area (Å²) >= 11 is 0. The van der Waals surface area contributed by atoms with Crippen molar-refractivity contribution in [2.75, 3.05) is 13.1 Å². The highest BCUT2D eigenvalue weighted by Gasteiger charge is 2.18. The molecule has 0 saturated carbocycles. The van der Waals surface area contributed by atoms with Gasteiger partial charge < -0.3 is 9.47 Å². The van der Waals surface area contributed by atoms with Crippen LogP contribution in [0.25, 0.3) is 0 Å². The molecule has 0 N–H and O–H groups in total. The minimum absolute atomic E-state index is 0.166. The highest BCUT2D eigenvalue weighted by Crippen LogP contribution is 2.13. The third-order valence-corrected chi connectivity index (χ3v) is 3.80. The SMILES string of the molecule is CC(C)(C)OC(=O)CCCN(CCCC(=O)OC(C)(C)C)Cc1ccccc1. The van der Waals surface area contributed by atoms with Crippen molar-refractivity contribution in [3.05, 3.63) is 35.9 Å². The molecule has 0 fully saturated rings. The van der Waals surface area contributed by atoms with Gasteiger partial charge >= 0.3 is 11.9 Å². The molecule has 5 heteroatoms. The van der Waals surface area contributed by atoms with Gasteiger partial charge in [-0.05, 0) is 73.0 Å². The Morgan fingerprint density at radius 3 is 1.61 bits per heavy atom. The smallest absolute Gasteiger partial charge is 0.306 e. The van der Waals surface area contributed by atoms with Gasteiger partial charge in [-0.15, -0.1) is 0 Å². The summed E-state index contributed by atoms with van der Waals surface area (Å²) < 4.78 is 10.8. The van der Waals surface area contributed by atoms with E-state index in [1.807, 2.05) is 59.7 Å². The van der Waals surface area contributed by atoms with Gasteiger partial charge in [-0.3, -0.25) is 14.5 Å². The van der Waals surface area contributed by atoms with Gasteiger partial charge in [0.25, 0.3) is 0 Å². The molecule has 1 aromatic carbocycles. The van der Waals surface area contributed by atoms with Crippen LogP contribution in [0.3, 0.4) is 0 Å². The molecule has 0 aliphatic carbocycles. The van der Waals surface area contributed by atoms with Crippen molar-refractivity contribution in [1.29, 1.82) is 0 Å². The van der Waals surface area contributed by atoms with E-state index in [-0.39, 0.29) is 11.9 Å². The van der Waals surface area contributed by atoms with Crippen LogP contribution in [0.15, 0.2) is 30.3 Å². The number of benzene rings is 1. The molecule has 0 aliphatic rings. The first-order valence-electron chi connectivity index (χ1n) is 10.1. The molecule has 0 saturated heterocycles. The van der Waals surface area contributed by atoms with Crippen molar-refractivity contribution in [3.63, 3.8) is 0 Å². The molecule has 0 spiro atoms. The van der Waals surface area contributed by atoms with E-state index in [0.717, 1.165) is 32.5 Å². The predicted octanol–water partition coefficient (Wildman–Crippen LogP) is 4.73. The molecule has 28 heavy (non-hydrogen) atoms. The van der Waals surface area contributed by atoms with Crippen molar-refractivity contribution in [1.82, 2.24) is 4.90 Å². The molecule has 0 bridgehead atoms. The standard InChI is InChI=1S/C23H37NO4/c1-22(2,3)27-20(25)14-10-16-24(18-19-12-8-7-9-13-19)17-11-15-21(26)28-23(4,5)6/h7-9,12-13H,10-11,14-18H2,1-6H3. The Labute approximate surface area is 170 Å². The first kappa shape index (κ1) is 24.2. The Balaban J connectivity index is 2.50. The molecular formula is C23H37NO4. The van der Waals surface area contributed by atoms with E-state index in [2.05, 4.69) is 17.0 Å². The van der Waals surface area contributed by atoms with Crippen molar-refractivity contribution >= 4 is 11.9 Å². The maximum absolute atomic E-state index is 11.9. The number of ether oxygens (including phenoxy) is 2. The lowest BCUT2D eigenvalue weighted by Crippen LogP contribution is -2.29. The summed E-state index contributed by atoms with van der Waals surface area (Å²) in [6, 6.07) is 10.2. The zero-order chi connectivity index (χ0) is 21.2. The quantitative estimate of drug-likeness (QED) is 0.540. The van der Waals surface area contributed by atoms with Crippen LogP contribution in [-0.2, 0) is 25.6 Å². The lowest BCUT2D eigenvalue weighted by atomic mass is 10.1. The first-order valence-corrected chi connectivity index (χ1v) is 10.1. The van der Waals surface area contributed by atoms with Gasteiger partial charge in [-0.2, -0.15) is 0 Å². The average Bonchev–Trinajstić information content (AvgIpc) is 2.52. The summed E-state index contributed by atoms with van der Waals surface area (Å²) in [5.41, 5.74) is 0.319. The summed E-state index contributed by atoms with van der Waals surface area (Å²) in [6.07, 6.45) is 2.26. The highest BCUT2D eigenvalue weighted by atomic mass is 16.6. The molecule has 0 atom stereocenters. The molecule has 0 amide bonds. The molecule has 5 nitrogen and oxygen atoms in total. The fourth-order valence-electron chi connectivity index (χ4n) is 2.79. The zero-order valence-corrected chi connectivity index (χ0v) is 18.4. The third kappa shape index (κ3) is 12.5. The van der Waals surface area contributed by atoms with Crippen molar-refractivity contribution in [2.45, 2.75) is 85.0 Å². The summed E-state index contributed by atoms with van der Waals surface area (Å²) in [5.74, 6) is -0.332. The van der Waals surface area contributed by atoms with Gasteiger partial charge in [0, 0.05) is 19.4 Å². The fourth-order valence-corrected chi connectivity index (χ4v) is 2.79. The lowest BCUT2D eigenvalue weighted by Gasteiger charge is -2.24. The monoisotopic (exact) mass is 391 g/mol. The van der Waals surface area contributed by atoms with Gasteiger partial charge in [0.2, 0.25) is 0 Å². The minimum Gasteiger partial charge on any atom is -0.460 e. The molecule has 158 valence electrons. The molecule has 0 radical (unpaired) electrons. The molecule has 1 aromatic rings. The van der Waals surface area contributed by atoms with Crippen molar-refractivity contribution in [3.8, 4) is 0 Å². The molecule has 1 rings (SSSR count). The summed E-state index contributed by atoms with van der Waals surface area (Å²) in [6.45, 7) is 13.6. The van der Waals surface area contributed by atoms with Crippen LogP contribution in [0.4, 0.5) is 0 Å². The highest BCUT2D eigenvalue weighted by molar-refractivity contribution is 5.70. The number of esters is 2. The Kier molecular flexibility index (Phi) is 9.66. The topological polar surface area (TPSA) is 55.8 Å². The molecule has 0 aromatic heterocycles. The van der Waals surface area contributed by atoms with E-state index in [0.29, 0.717) is 12.8 Å². The van der Waals surface area contributed by atoms with Crippen LogP contribution in [0, 0.1) is 0 Å². The minimum atomic E-state index is -0.450.